The van der Waals surface area contributed by atoms with E-state index in [1.165, 1.54) is 18.2 Å². The van der Waals surface area contributed by atoms with E-state index in [9.17, 15) is 9.59 Å². The van der Waals surface area contributed by atoms with E-state index in [-0.39, 0.29) is 22.8 Å². The van der Waals surface area contributed by atoms with Gasteiger partial charge < -0.3 is 16.0 Å². The number of nitriles is 1. The van der Waals surface area contributed by atoms with Gasteiger partial charge in [0.1, 0.15) is 17.2 Å². The number of hydrogen-bond acceptors (Lipinski definition) is 7. The summed E-state index contributed by atoms with van der Waals surface area (Å²) < 4.78 is 18.3. The minimum Gasteiger partial charge on any atom is -0.357 e. The van der Waals surface area contributed by atoms with E-state index < -0.39 is 11.8 Å². The molecule has 0 fully saturated rings. The van der Waals surface area contributed by atoms with Crippen molar-refractivity contribution < 1.29 is 9.18 Å². The summed E-state index contributed by atoms with van der Waals surface area (Å²) in [6, 6.07) is 13.8. The van der Waals surface area contributed by atoms with Crippen molar-refractivity contribution in [1.82, 2.24) is 24.3 Å². The number of amides is 2. The van der Waals surface area contributed by atoms with Crippen LogP contribution in [-0.4, -0.2) is 37.4 Å². The van der Waals surface area contributed by atoms with Crippen LogP contribution in [0.25, 0.3) is 33.4 Å². The Morgan fingerprint density at radius 1 is 1.02 bits per heavy atom. The van der Waals surface area contributed by atoms with E-state index >= 15 is 4.39 Å². The Labute approximate surface area is 253 Å². The molecule has 0 bridgehead atoms. The van der Waals surface area contributed by atoms with Gasteiger partial charge in [0.15, 0.2) is 0 Å². The molecule has 0 aliphatic carbocycles. The summed E-state index contributed by atoms with van der Waals surface area (Å²) in [7, 11) is 1.70. The zero-order valence-electron chi connectivity index (χ0n) is 25.2. The molecule has 0 atom stereocenters. The first kappa shape index (κ1) is 29.9. The van der Waals surface area contributed by atoms with Crippen LogP contribution in [-0.2, 0) is 5.54 Å². The van der Waals surface area contributed by atoms with Gasteiger partial charge in [0.05, 0.1) is 28.5 Å². The predicted octanol–water partition coefficient (Wildman–Crippen LogP) is 6.35. The number of aromatic nitrogens is 5. The largest absolute Gasteiger partial charge is 0.357 e. The molecule has 3 N–H and O–H groups in total. The van der Waals surface area contributed by atoms with Crippen LogP contribution < -0.4 is 21.5 Å². The maximum absolute atomic E-state index is 15.0. The van der Waals surface area contributed by atoms with E-state index in [4.69, 9.17) is 5.26 Å². The molecule has 3 aromatic heterocycles. The highest BCUT2D eigenvalue weighted by atomic mass is 19.1. The van der Waals surface area contributed by atoms with Gasteiger partial charge in [-0.3, -0.25) is 14.0 Å². The molecule has 0 aliphatic heterocycles. The van der Waals surface area contributed by atoms with Crippen molar-refractivity contribution in [3.05, 3.63) is 82.7 Å². The summed E-state index contributed by atoms with van der Waals surface area (Å²) in [6.07, 6.45) is 3.32. The van der Waals surface area contributed by atoms with Crippen LogP contribution in [0.2, 0.25) is 0 Å². The summed E-state index contributed by atoms with van der Waals surface area (Å²) in [6.45, 7) is 9.67. The van der Waals surface area contributed by atoms with Crippen LogP contribution >= 0.6 is 0 Å². The number of benzene rings is 2. The number of nitrogens with one attached hydrogen (secondary N) is 3. The summed E-state index contributed by atoms with van der Waals surface area (Å²) >= 11 is 0. The Bertz CT molecular complexity index is 1980. The summed E-state index contributed by atoms with van der Waals surface area (Å²) in [5.41, 5.74) is 2.47. The van der Waals surface area contributed by atoms with E-state index in [0.717, 1.165) is 0 Å². The molecular weight excluding hydrogens is 561 g/mol. The first-order valence-electron chi connectivity index (χ1n) is 14.0. The zero-order chi connectivity index (χ0) is 31.8. The smallest absolute Gasteiger partial charge is 0.323 e. The van der Waals surface area contributed by atoms with Gasteiger partial charge in [-0.2, -0.15) is 15.3 Å². The van der Waals surface area contributed by atoms with Crippen molar-refractivity contribution in [2.75, 3.05) is 23.0 Å². The molecule has 44 heavy (non-hydrogen) atoms. The molecule has 0 saturated carbocycles. The highest BCUT2D eigenvalue weighted by molar-refractivity contribution is 6.02. The topological polar surface area (TPSA) is 143 Å². The van der Waals surface area contributed by atoms with Crippen molar-refractivity contribution in [1.29, 1.82) is 5.26 Å². The molecule has 3 heterocycles. The number of carbonyl (C=O) groups excluding carboxylic acids is 1. The van der Waals surface area contributed by atoms with Crippen LogP contribution in [0, 0.1) is 17.1 Å². The number of pyridine rings is 1. The average molecular weight is 594 g/mol. The first-order chi connectivity index (χ1) is 20.9. The van der Waals surface area contributed by atoms with Crippen LogP contribution in [0.1, 0.15) is 46.2 Å². The molecule has 5 aromatic rings. The fraction of sp³-hybridized carbons (Fsp3) is 0.250. The summed E-state index contributed by atoms with van der Waals surface area (Å²) in [5.74, 6) is -0.290. The second-order valence-electron chi connectivity index (χ2n) is 11.5. The molecule has 11 nitrogen and oxygen atoms in total. The predicted molar refractivity (Wildman–Crippen MR) is 169 cm³/mol. The second-order valence-corrected chi connectivity index (χ2v) is 11.5. The summed E-state index contributed by atoms with van der Waals surface area (Å²) in [5, 5.41) is 22.7. The van der Waals surface area contributed by atoms with Gasteiger partial charge in [-0.05, 0) is 70.5 Å². The molecule has 0 spiro atoms. The lowest BCUT2D eigenvalue weighted by Gasteiger charge is -2.18. The van der Waals surface area contributed by atoms with Gasteiger partial charge in [0, 0.05) is 42.0 Å². The van der Waals surface area contributed by atoms with Crippen LogP contribution in [0.4, 0.5) is 26.5 Å². The van der Waals surface area contributed by atoms with E-state index in [1.54, 1.807) is 59.0 Å². The normalized spacial score (nSPS) is 11.4. The lowest BCUT2D eigenvalue weighted by Crippen LogP contribution is -2.25. The number of fused-ring (bicyclic) bond motifs is 1. The molecule has 0 saturated heterocycles. The Balaban J connectivity index is 1.49. The maximum atomic E-state index is 15.0. The first-order valence-corrected chi connectivity index (χ1v) is 14.0. The van der Waals surface area contributed by atoms with Crippen molar-refractivity contribution in [3.8, 4) is 28.5 Å². The van der Waals surface area contributed by atoms with Gasteiger partial charge in [0.2, 0.25) is 5.95 Å². The van der Waals surface area contributed by atoms with Crippen molar-refractivity contribution in [2.45, 2.75) is 46.2 Å². The van der Waals surface area contributed by atoms with E-state index in [1.807, 2.05) is 34.6 Å². The number of hydrogen-bond donors (Lipinski definition) is 3. The van der Waals surface area contributed by atoms with Crippen LogP contribution in [0.15, 0.2) is 65.7 Å². The van der Waals surface area contributed by atoms with Crippen LogP contribution in [0.5, 0.6) is 0 Å². The number of urea groups is 1. The number of anilines is 3. The fourth-order valence-corrected chi connectivity index (χ4v) is 4.72. The fourth-order valence-electron chi connectivity index (χ4n) is 4.72. The molecule has 5 rings (SSSR count). The van der Waals surface area contributed by atoms with Crippen molar-refractivity contribution in [2.24, 2.45) is 0 Å². The molecule has 0 aliphatic rings. The molecule has 0 unspecified atom stereocenters. The van der Waals surface area contributed by atoms with Gasteiger partial charge in [0.25, 0.3) is 5.56 Å². The minimum atomic E-state index is -0.699. The van der Waals surface area contributed by atoms with Crippen LogP contribution in [0.3, 0.4) is 0 Å². The molecule has 2 amide bonds. The standard InChI is InChI=1S/C32H32FN9O2/c1-18(2)42-28-22(16-36-30(35-6)39-28)13-23(29(42)43)21-11-12-24(33)25(14-21)37-31(44)38-26-17-41(32(3,4)5)40-27(26)20-9-7-19(15-34)8-10-20/h7-14,16-18H,1-6H3,(H,35,36,39)(H2,37,38,44). The number of carbonyl (C=O) groups is 1. The number of rotatable bonds is 6. The number of nitrogens with zero attached hydrogens (tertiary/aromatic N) is 6. The Hall–Kier alpha value is -5.57. The van der Waals surface area contributed by atoms with Gasteiger partial charge in [-0.25, -0.2) is 14.2 Å². The third-order valence-electron chi connectivity index (χ3n) is 6.98. The van der Waals surface area contributed by atoms with E-state index in [2.05, 4.69) is 37.1 Å². The van der Waals surface area contributed by atoms with Gasteiger partial charge in [-0.15, -0.1) is 0 Å². The average Bonchev–Trinajstić information content (AvgIpc) is 3.41. The third-order valence-corrected chi connectivity index (χ3v) is 6.98. The number of halogens is 1. The Morgan fingerprint density at radius 3 is 2.34 bits per heavy atom. The minimum absolute atomic E-state index is 0.111. The quantitative estimate of drug-likeness (QED) is 0.208. The molecule has 0 radical (unpaired) electrons. The maximum Gasteiger partial charge on any atom is 0.323 e. The molecule has 2 aromatic carbocycles. The van der Waals surface area contributed by atoms with Gasteiger partial charge >= 0.3 is 6.03 Å². The van der Waals surface area contributed by atoms with Crippen molar-refractivity contribution in [3.63, 3.8) is 0 Å². The SMILES string of the molecule is CNc1ncc2cc(-c3ccc(F)c(NC(=O)Nc4cn(C(C)(C)C)nc4-c4ccc(C#N)cc4)c3)c(=O)n(C(C)C)c2n1. The molecule has 224 valence electrons. The van der Waals surface area contributed by atoms with E-state index in [0.29, 0.717) is 50.6 Å². The highest BCUT2D eigenvalue weighted by Gasteiger charge is 2.22. The van der Waals surface area contributed by atoms with Crippen molar-refractivity contribution >= 4 is 34.4 Å². The Kier molecular flexibility index (Phi) is 7.89. The Morgan fingerprint density at radius 2 is 1.70 bits per heavy atom. The molecular formula is C32H32FN9O2. The zero-order valence-corrected chi connectivity index (χ0v) is 25.2. The lowest BCUT2D eigenvalue weighted by atomic mass is 10.0. The third kappa shape index (κ3) is 5.85. The summed E-state index contributed by atoms with van der Waals surface area (Å²) in [4.78, 5) is 35.6. The monoisotopic (exact) mass is 593 g/mol. The highest BCUT2D eigenvalue weighted by Crippen LogP contribution is 2.31. The molecule has 12 heteroatoms. The lowest BCUT2D eigenvalue weighted by molar-refractivity contribution is 0.262. The second kappa shape index (κ2) is 11.6. The van der Waals surface area contributed by atoms with Gasteiger partial charge in [-0.1, -0.05) is 18.2 Å².